The highest BCUT2D eigenvalue weighted by molar-refractivity contribution is 7.89. The summed E-state index contributed by atoms with van der Waals surface area (Å²) in [5.74, 6) is 0. The molecule has 0 aliphatic carbocycles. The number of halogens is 5. The molecular formula is C25H26Cl3F2N4O2PS. The van der Waals surface area contributed by atoms with Crippen LogP contribution in [0.4, 0.5) is 20.2 Å². The second-order valence-corrected chi connectivity index (χ2v) is 11.8. The third kappa shape index (κ3) is 7.14. The van der Waals surface area contributed by atoms with Gasteiger partial charge in [0.25, 0.3) is 5.66 Å². The molecule has 0 bridgehead atoms. The van der Waals surface area contributed by atoms with Crippen LogP contribution >= 0.6 is 44.0 Å². The number of benzene rings is 3. The van der Waals surface area contributed by atoms with E-state index in [0.29, 0.717) is 32.9 Å². The van der Waals surface area contributed by atoms with E-state index in [2.05, 4.69) is 9.82 Å². The predicted octanol–water partition coefficient (Wildman–Crippen LogP) is 7.47. The standard InChI is InChI=1S/C23H20Cl3F2N4O2PS.C2H6/c24-15-4-1-13(2-5-15)21-11-17(31-32(21)20-7-6-16(25)10-18(20)26)12-30-36(33,34)22-8-3-14(9-19(22)29)23(27,28)35;1-2/h1-10,21,30H,11-12,29,35H2;1-2H3. The maximum atomic E-state index is 13.5. The van der Waals surface area contributed by atoms with E-state index in [1.165, 1.54) is 9.24 Å². The number of nitrogen functional groups attached to an aromatic ring is 1. The highest BCUT2D eigenvalue weighted by atomic mass is 35.5. The van der Waals surface area contributed by atoms with Crippen molar-refractivity contribution in [1.82, 2.24) is 4.72 Å². The minimum absolute atomic E-state index is 0.130. The van der Waals surface area contributed by atoms with E-state index in [9.17, 15) is 17.2 Å². The number of sulfonamides is 1. The van der Waals surface area contributed by atoms with E-state index in [-0.39, 0.29) is 23.2 Å². The molecule has 0 spiro atoms. The molecule has 38 heavy (non-hydrogen) atoms. The number of hydrogen-bond donors (Lipinski definition) is 2. The fraction of sp³-hybridized carbons (Fsp3) is 0.240. The molecule has 1 heterocycles. The maximum Gasteiger partial charge on any atom is 0.283 e. The van der Waals surface area contributed by atoms with Gasteiger partial charge >= 0.3 is 0 Å². The molecule has 0 radical (unpaired) electrons. The molecule has 0 aromatic heterocycles. The van der Waals surface area contributed by atoms with Gasteiger partial charge in [0.2, 0.25) is 10.0 Å². The van der Waals surface area contributed by atoms with Crippen LogP contribution in [0.5, 0.6) is 0 Å². The van der Waals surface area contributed by atoms with Gasteiger partial charge < -0.3 is 5.73 Å². The van der Waals surface area contributed by atoms with Crippen LogP contribution in [-0.2, 0) is 15.7 Å². The van der Waals surface area contributed by atoms with E-state index in [1.54, 1.807) is 35.3 Å². The third-order valence-electron chi connectivity index (χ3n) is 5.54. The Bertz CT molecular complexity index is 1440. The lowest BCUT2D eigenvalue weighted by molar-refractivity contribution is 0.104. The van der Waals surface area contributed by atoms with Gasteiger partial charge in [0.05, 0.1) is 34.7 Å². The van der Waals surface area contributed by atoms with Gasteiger partial charge in [-0.25, -0.2) is 13.1 Å². The first kappa shape index (κ1) is 30.5. The Balaban J connectivity index is 0.00000195. The fourth-order valence-electron chi connectivity index (χ4n) is 3.77. The van der Waals surface area contributed by atoms with Crippen LogP contribution < -0.4 is 15.5 Å². The second-order valence-electron chi connectivity index (χ2n) is 8.08. The van der Waals surface area contributed by atoms with Crippen LogP contribution in [-0.4, -0.2) is 20.7 Å². The summed E-state index contributed by atoms with van der Waals surface area (Å²) in [4.78, 5) is -0.300. The fourth-order valence-corrected chi connectivity index (χ4v) is 5.70. The van der Waals surface area contributed by atoms with Crippen molar-refractivity contribution in [1.29, 1.82) is 0 Å². The van der Waals surface area contributed by atoms with Crippen molar-refractivity contribution in [3.05, 3.63) is 86.9 Å². The van der Waals surface area contributed by atoms with Gasteiger partial charge in [0, 0.05) is 22.0 Å². The van der Waals surface area contributed by atoms with Crippen molar-refractivity contribution in [3.63, 3.8) is 0 Å². The van der Waals surface area contributed by atoms with Crippen molar-refractivity contribution < 1.29 is 17.2 Å². The van der Waals surface area contributed by atoms with Gasteiger partial charge in [0.1, 0.15) is 4.90 Å². The molecule has 4 rings (SSSR count). The van der Waals surface area contributed by atoms with Crippen molar-refractivity contribution in [2.75, 3.05) is 17.3 Å². The highest BCUT2D eigenvalue weighted by Gasteiger charge is 2.32. The monoisotopic (exact) mass is 620 g/mol. The molecule has 2 unspecified atom stereocenters. The number of nitrogens with two attached hydrogens (primary N) is 1. The number of hydrazone groups is 1. The third-order valence-corrected chi connectivity index (χ3v) is 8.13. The molecule has 0 saturated carbocycles. The minimum Gasteiger partial charge on any atom is -0.398 e. The Kier molecular flexibility index (Phi) is 10.0. The topological polar surface area (TPSA) is 87.8 Å². The Labute approximate surface area is 238 Å². The zero-order valence-electron chi connectivity index (χ0n) is 20.4. The molecule has 3 N–H and O–H groups in total. The number of anilines is 2. The summed E-state index contributed by atoms with van der Waals surface area (Å²) < 4.78 is 55.3. The van der Waals surface area contributed by atoms with Gasteiger partial charge in [-0.05, 0) is 48.0 Å². The summed E-state index contributed by atoms with van der Waals surface area (Å²) in [6.45, 7) is 3.87. The van der Waals surface area contributed by atoms with E-state index in [4.69, 9.17) is 40.5 Å². The molecule has 1 aliphatic rings. The molecule has 0 amide bonds. The molecule has 13 heteroatoms. The van der Waals surface area contributed by atoms with Gasteiger partial charge in [-0.3, -0.25) is 5.01 Å². The van der Waals surface area contributed by atoms with Gasteiger partial charge in [-0.2, -0.15) is 13.9 Å². The Morgan fingerprint density at radius 3 is 2.26 bits per heavy atom. The molecule has 3 aromatic carbocycles. The molecule has 0 saturated heterocycles. The van der Waals surface area contributed by atoms with E-state index >= 15 is 0 Å². The summed E-state index contributed by atoms with van der Waals surface area (Å²) in [5, 5.41) is 7.75. The van der Waals surface area contributed by atoms with E-state index in [1.807, 2.05) is 26.0 Å². The molecule has 3 aromatic rings. The van der Waals surface area contributed by atoms with Crippen LogP contribution in [0.2, 0.25) is 15.1 Å². The summed E-state index contributed by atoms with van der Waals surface area (Å²) in [6.07, 6.45) is 0.386. The van der Waals surface area contributed by atoms with Gasteiger partial charge in [0.15, 0.2) is 0 Å². The highest BCUT2D eigenvalue weighted by Crippen LogP contribution is 2.40. The number of alkyl halides is 2. The van der Waals surface area contributed by atoms with Gasteiger partial charge in [-0.1, -0.05) is 76.1 Å². The quantitative estimate of drug-likeness (QED) is 0.212. The Hall–Kier alpha value is -2.00. The summed E-state index contributed by atoms with van der Waals surface area (Å²) in [5.41, 5.74) is 3.87. The van der Waals surface area contributed by atoms with Crippen LogP contribution in [0.25, 0.3) is 0 Å². The number of nitrogens with one attached hydrogen (secondary N) is 1. The SMILES string of the molecule is CC.Nc1cc(C(F)(F)P)ccc1S(=O)(=O)NCC1=NN(c2ccc(Cl)cc2Cl)C(c2ccc(Cl)cc2)C1. The van der Waals surface area contributed by atoms with Crippen LogP contribution in [0.3, 0.4) is 0 Å². The normalized spacial score (nSPS) is 15.6. The molecule has 6 nitrogen and oxygen atoms in total. The summed E-state index contributed by atoms with van der Waals surface area (Å²) >= 11 is 18.5. The van der Waals surface area contributed by atoms with E-state index in [0.717, 1.165) is 23.8 Å². The first-order valence-corrected chi connectivity index (χ1v) is 14.7. The lowest BCUT2D eigenvalue weighted by atomic mass is 10.0. The number of nitrogens with zero attached hydrogens (tertiary/aromatic N) is 2. The minimum atomic E-state index is -4.11. The number of rotatable bonds is 7. The van der Waals surface area contributed by atoms with E-state index < -0.39 is 21.3 Å². The maximum absolute atomic E-state index is 13.5. The lowest BCUT2D eigenvalue weighted by Gasteiger charge is -2.25. The molecule has 204 valence electrons. The molecular weight excluding hydrogens is 596 g/mol. The van der Waals surface area contributed by atoms with Crippen LogP contribution in [0.15, 0.2) is 70.7 Å². The molecule has 1 aliphatic heterocycles. The second kappa shape index (κ2) is 12.5. The smallest absolute Gasteiger partial charge is 0.283 e. The first-order chi connectivity index (χ1) is 17.8. The average molecular weight is 622 g/mol. The summed E-state index contributed by atoms with van der Waals surface area (Å²) in [6, 6.07) is 15.0. The van der Waals surface area contributed by atoms with Gasteiger partial charge in [-0.15, -0.1) is 0 Å². The Morgan fingerprint density at radius 1 is 1.05 bits per heavy atom. The van der Waals surface area contributed by atoms with Crippen LogP contribution in [0.1, 0.15) is 37.4 Å². The lowest BCUT2D eigenvalue weighted by Crippen LogP contribution is -2.30. The first-order valence-electron chi connectivity index (χ1n) is 11.5. The van der Waals surface area contributed by atoms with Crippen molar-refractivity contribution in [2.24, 2.45) is 5.10 Å². The summed E-state index contributed by atoms with van der Waals surface area (Å²) in [7, 11) is -2.72. The van der Waals surface area contributed by atoms with Crippen LogP contribution in [0, 0.1) is 0 Å². The van der Waals surface area contributed by atoms with Crippen molar-refractivity contribution in [3.8, 4) is 0 Å². The Morgan fingerprint density at radius 2 is 1.68 bits per heavy atom. The largest absolute Gasteiger partial charge is 0.398 e. The number of hydrogen-bond acceptors (Lipinski definition) is 5. The zero-order chi connectivity index (χ0) is 28.3. The molecule has 0 fully saturated rings. The average Bonchev–Trinajstić information content (AvgIpc) is 3.28. The predicted molar refractivity (Wildman–Crippen MR) is 156 cm³/mol. The molecule has 2 atom stereocenters. The zero-order valence-corrected chi connectivity index (χ0v) is 24.7. The van der Waals surface area contributed by atoms with Crippen molar-refractivity contribution >= 4 is 71.2 Å². The van der Waals surface area contributed by atoms with Crippen molar-refractivity contribution in [2.45, 2.75) is 36.9 Å².